The number of hydrogen-bond acceptors (Lipinski definition) is 3. The summed E-state index contributed by atoms with van der Waals surface area (Å²) in [4.78, 5) is 11.1. The summed E-state index contributed by atoms with van der Waals surface area (Å²) in [6, 6.07) is 0. The second-order valence-electron chi connectivity index (χ2n) is 1.72. The molecule has 5 heteroatoms. The molecule has 0 unspecified atom stereocenters. The van der Waals surface area contributed by atoms with Crippen molar-refractivity contribution in [2.45, 2.75) is 0 Å². The van der Waals surface area contributed by atoms with Crippen molar-refractivity contribution >= 4 is 6.09 Å². The molecule has 0 fully saturated rings. The molecule has 0 radical (unpaired) electrons. The van der Waals surface area contributed by atoms with Crippen LogP contribution in [0.2, 0.25) is 0 Å². The molecule has 0 aliphatic carbocycles. The van der Waals surface area contributed by atoms with Gasteiger partial charge in [0.1, 0.15) is 0 Å². The van der Waals surface area contributed by atoms with Crippen molar-refractivity contribution in [2.24, 2.45) is 0 Å². The highest BCUT2D eigenvalue weighted by atomic mass is 16.4. The zero-order valence-electron chi connectivity index (χ0n) is 5.53. The maximum absolute atomic E-state index is 10.2. The Bertz CT molecular complexity index is 99.8. The zero-order chi connectivity index (χ0) is 7.98. The maximum atomic E-state index is 10.2. The van der Waals surface area contributed by atoms with Gasteiger partial charge in [0.05, 0.1) is 13.2 Å². The molecule has 0 rings (SSSR count). The van der Waals surface area contributed by atoms with Crippen molar-refractivity contribution < 1.29 is 20.1 Å². The second kappa shape index (κ2) is 5.01. The monoisotopic (exact) mass is 149 g/mol. The highest BCUT2D eigenvalue weighted by Crippen LogP contribution is 1.86. The molecule has 0 saturated heterocycles. The lowest BCUT2D eigenvalue weighted by Crippen LogP contribution is -2.34. The number of nitrogens with zero attached hydrogens (tertiary/aromatic N) is 1. The number of aliphatic hydroxyl groups is 2. The Morgan fingerprint density at radius 2 is 1.60 bits per heavy atom. The standard InChI is InChI=1S/C5H11NO4/c7-3-1-6(2-4-8)5(9)10/h7-8H,1-4H2,(H,9,10). The molecule has 3 N–H and O–H groups in total. The van der Waals surface area contributed by atoms with Crippen LogP contribution in [-0.4, -0.2) is 52.6 Å². The van der Waals surface area contributed by atoms with Crippen molar-refractivity contribution in [3.8, 4) is 0 Å². The van der Waals surface area contributed by atoms with E-state index in [0.717, 1.165) is 4.90 Å². The molecule has 0 bridgehead atoms. The fraction of sp³-hybridized carbons (Fsp3) is 0.800. The topological polar surface area (TPSA) is 81.0 Å². The minimum atomic E-state index is -1.12. The quantitative estimate of drug-likeness (QED) is 0.476. The summed E-state index contributed by atoms with van der Waals surface area (Å²) in [7, 11) is 0. The van der Waals surface area contributed by atoms with Crippen molar-refractivity contribution in [1.82, 2.24) is 4.90 Å². The van der Waals surface area contributed by atoms with Gasteiger partial charge in [0, 0.05) is 13.1 Å². The van der Waals surface area contributed by atoms with Gasteiger partial charge in [-0.05, 0) is 0 Å². The zero-order valence-corrected chi connectivity index (χ0v) is 5.53. The highest BCUT2D eigenvalue weighted by molar-refractivity contribution is 5.64. The van der Waals surface area contributed by atoms with Crippen LogP contribution in [0.3, 0.4) is 0 Å². The molecule has 0 saturated carbocycles. The maximum Gasteiger partial charge on any atom is 0.407 e. The summed E-state index contributed by atoms with van der Waals surface area (Å²) in [5.74, 6) is 0. The molecular formula is C5H11NO4. The molecule has 0 aromatic heterocycles. The van der Waals surface area contributed by atoms with E-state index in [2.05, 4.69) is 0 Å². The largest absolute Gasteiger partial charge is 0.465 e. The first kappa shape index (κ1) is 9.19. The van der Waals surface area contributed by atoms with Crippen molar-refractivity contribution in [3.63, 3.8) is 0 Å². The Balaban J connectivity index is 3.61. The van der Waals surface area contributed by atoms with Gasteiger partial charge in [-0.25, -0.2) is 4.79 Å². The number of aliphatic hydroxyl groups excluding tert-OH is 2. The summed E-state index contributed by atoms with van der Waals surface area (Å²) >= 11 is 0. The Labute approximate surface area is 58.5 Å². The molecule has 1 amide bonds. The van der Waals surface area contributed by atoms with Gasteiger partial charge in [-0.2, -0.15) is 0 Å². The molecule has 5 nitrogen and oxygen atoms in total. The number of carbonyl (C=O) groups is 1. The molecule has 0 atom stereocenters. The molecule has 10 heavy (non-hydrogen) atoms. The SMILES string of the molecule is O=C(O)N(CCO)CCO. The van der Waals surface area contributed by atoms with Crippen LogP contribution >= 0.6 is 0 Å². The average Bonchev–Trinajstić information content (AvgIpc) is 1.87. The van der Waals surface area contributed by atoms with Gasteiger partial charge in [-0.1, -0.05) is 0 Å². The summed E-state index contributed by atoms with van der Waals surface area (Å²) in [5.41, 5.74) is 0. The van der Waals surface area contributed by atoms with Crippen LogP contribution in [0.15, 0.2) is 0 Å². The summed E-state index contributed by atoms with van der Waals surface area (Å²) < 4.78 is 0. The van der Waals surface area contributed by atoms with Crippen LogP contribution in [0.1, 0.15) is 0 Å². The first-order valence-electron chi connectivity index (χ1n) is 2.92. The lowest BCUT2D eigenvalue weighted by molar-refractivity contribution is 0.119. The summed E-state index contributed by atoms with van der Waals surface area (Å²) in [6.07, 6.45) is -1.12. The minimum Gasteiger partial charge on any atom is -0.465 e. The van der Waals surface area contributed by atoms with E-state index in [1.165, 1.54) is 0 Å². The van der Waals surface area contributed by atoms with Crippen LogP contribution in [0.25, 0.3) is 0 Å². The number of carboxylic acid groups (broad SMARTS) is 1. The molecule has 0 spiro atoms. The fourth-order valence-corrected chi connectivity index (χ4v) is 0.545. The first-order valence-corrected chi connectivity index (χ1v) is 2.92. The average molecular weight is 149 g/mol. The van der Waals surface area contributed by atoms with E-state index in [1.54, 1.807) is 0 Å². The van der Waals surface area contributed by atoms with Crippen LogP contribution in [0, 0.1) is 0 Å². The van der Waals surface area contributed by atoms with E-state index < -0.39 is 6.09 Å². The molecular weight excluding hydrogens is 138 g/mol. The molecule has 60 valence electrons. The summed E-state index contributed by atoms with van der Waals surface area (Å²) in [5, 5.41) is 25.0. The van der Waals surface area contributed by atoms with Crippen LogP contribution in [0.5, 0.6) is 0 Å². The highest BCUT2D eigenvalue weighted by Gasteiger charge is 2.08. The Morgan fingerprint density at radius 1 is 1.20 bits per heavy atom. The third-order valence-electron chi connectivity index (χ3n) is 1.01. The van der Waals surface area contributed by atoms with Gasteiger partial charge < -0.3 is 20.2 Å². The van der Waals surface area contributed by atoms with E-state index in [4.69, 9.17) is 15.3 Å². The van der Waals surface area contributed by atoms with E-state index in [0.29, 0.717) is 0 Å². The van der Waals surface area contributed by atoms with Gasteiger partial charge in [-0.15, -0.1) is 0 Å². The van der Waals surface area contributed by atoms with E-state index in [-0.39, 0.29) is 26.3 Å². The lowest BCUT2D eigenvalue weighted by atomic mass is 10.5. The van der Waals surface area contributed by atoms with Crippen molar-refractivity contribution in [1.29, 1.82) is 0 Å². The predicted molar refractivity (Wildman–Crippen MR) is 33.8 cm³/mol. The molecule has 0 aliphatic rings. The van der Waals surface area contributed by atoms with Gasteiger partial charge in [-0.3, -0.25) is 0 Å². The third-order valence-corrected chi connectivity index (χ3v) is 1.01. The van der Waals surface area contributed by atoms with Crippen molar-refractivity contribution in [3.05, 3.63) is 0 Å². The Morgan fingerprint density at radius 3 is 1.80 bits per heavy atom. The lowest BCUT2D eigenvalue weighted by Gasteiger charge is -2.15. The third kappa shape index (κ3) is 3.26. The Kier molecular flexibility index (Phi) is 4.61. The number of amides is 1. The van der Waals surface area contributed by atoms with E-state index >= 15 is 0 Å². The van der Waals surface area contributed by atoms with Gasteiger partial charge in [0.25, 0.3) is 0 Å². The number of rotatable bonds is 4. The normalized spacial score (nSPS) is 9.40. The molecule has 0 aromatic carbocycles. The molecule has 0 heterocycles. The van der Waals surface area contributed by atoms with Crippen LogP contribution in [0.4, 0.5) is 4.79 Å². The van der Waals surface area contributed by atoms with Crippen LogP contribution in [-0.2, 0) is 0 Å². The van der Waals surface area contributed by atoms with Gasteiger partial charge in [0.15, 0.2) is 0 Å². The second-order valence-corrected chi connectivity index (χ2v) is 1.72. The fourth-order valence-electron chi connectivity index (χ4n) is 0.545. The molecule has 0 aromatic rings. The van der Waals surface area contributed by atoms with Gasteiger partial charge >= 0.3 is 6.09 Å². The van der Waals surface area contributed by atoms with Crippen molar-refractivity contribution in [2.75, 3.05) is 26.3 Å². The molecule has 0 aliphatic heterocycles. The van der Waals surface area contributed by atoms with E-state index in [9.17, 15) is 4.79 Å². The Hall–Kier alpha value is -0.810. The number of hydrogen-bond donors (Lipinski definition) is 3. The minimum absolute atomic E-state index is 0.0515. The smallest absolute Gasteiger partial charge is 0.407 e. The van der Waals surface area contributed by atoms with Gasteiger partial charge in [0.2, 0.25) is 0 Å². The first-order chi connectivity index (χ1) is 4.72. The summed E-state index contributed by atoms with van der Waals surface area (Å²) in [6.45, 7) is -0.329. The van der Waals surface area contributed by atoms with Crippen LogP contribution < -0.4 is 0 Å². The predicted octanol–water partition coefficient (Wildman–Crippen LogP) is -1.05. The van der Waals surface area contributed by atoms with E-state index in [1.807, 2.05) is 0 Å².